The lowest BCUT2D eigenvalue weighted by Crippen LogP contribution is -2.34. The molecule has 0 N–H and O–H groups in total. The molecule has 0 spiro atoms. The van der Waals surface area contributed by atoms with Gasteiger partial charge in [0.25, 0.3) is 0 Å². The van der Waals surface area contributed by atoms with Gasteiger partial charge in [0.2, 0.25) is 5.79 Å². The average Bonchev–Trinajstić information content (AvgIpc) is 3.55. The van der Waals surface area contributed by atoms with Gasteiger partial charge in [-0.15, -0.1) is 0 Å². The summed E-state index contributed by atoms with van der Waals surface area (Å²) in [5.41, 5.74) is 2.37. The molecule has 1 aliphatic rings. The fraction of sp³-hybridized carbons (Fsp3) is 0.214. The van der Waals surface area contributed by atoms with Crippen molar-refractivity contribution in [1.82, 2.24) is 9.55 Å². The van der Waals surface area contributed by atoms with Crippen molar-refractivity contribution in [2.24, 2.45) is 0 Å². The summed E-state index contributed by atoms with van der Waals surface area (Å²) >= 11 is 19.0. The number of carbonyl (C=O) groups excluding carboxylic acids is 1. The van der Waals surface area contributed by atoms with E-state index in [0.717, 1.165) is 5.56 Å². The number of ether oxygens (including phenoxy) is 3. The number of aromatic nitrogens is 2. The zero-order valence-corrected chi connectivity index (χ0v) is 22.1. The number of benzene rings is 3. The van der Waals surface area contributed by atoms with Crippen molar-refractivity contribution in [2.45, 2.75) is 25.4 Å². The third-order valence-corrected chi connectivity index (χ3v) is 7.07. The van der Waals surface area contributed by atoms with Crippen molar-refractivity contribution >= 4 is 40.6 Å². The minimum atomic E-state index is -1.17. The summed E-state index contributed by atoms with van der Waals surface area (Å²) in [4.78, 5) is 17.3. The molecule has 1 fully saturated rings. The maximum atomic E-state index is 13.2. The second kappa shape index (κ2) is 10.9. The van der Waals surface area contributed by atoms with Gasteiger partial charge in [-0.2, -0.15) is 0 Å². The molecular formula is C28H23Cl3N2O4. The van der Waals surface area contributed by atoms with Gasteiger partial charge in [-0.1, -0.05) is 71.2 Å². The lowest BCUT2D eigenvalue weighted by atomic mass is 10.0. The van der Waals surface area contributed by atoms with Gasteiger partial charge in [0.1, 0.15) is 18.5 Å². The van der Waals surface area contributed by atoms with E-state index in [9.17, 15) is 4.79 Å². The molecule has 0 bridgehead atoms. The molecule has 2 unspecified atom stereocenters. The number of carbonyl (C=O) groups is 1. The molecule has 2 atom stereocenters. The van der Waals surface area contributed by atoms with Crippen molar-refractivity contribution in [3.8, 4) is 5.75 Å². The van der Waals surface area contributed by atoms with Gasteiger partial charge < -0.3 is 18.8 Å². The molecule has 2 heterocycles. The molecule has 0 saturated carbocycles. The first-order valence-electron chi connectivity index (χ1n) is 11.6. The van der Waals surface area contributed by atoms with Gasteiger partial charge in [-0.05, 0) is 36.8 Å². The van der Waals surface area contributed by atoms with Gasteiger partial charge >= 0.3 is 0 Å². The molecule has 6 nitrogen and oxygen atoms in total. The Kier molecular flexibility index (Phi) is 7.56. The molecule has 1 aliphatic heterocycles. The standard InChI is InChI=1S/C28H23Cl3N2O4/c1-18-11-26(22(13-24(18)30)27(34)19-5-3-2-4-6-19)35-14-21-15-36-28(37-21,16-33-10-9-32-17-33)23-8-7-20(29)12-25(23)31/h2-13,17,21H,14-16H2,1H3. The van der Waals surface area contributed by atoms with Gasteiger partial charge in [-0.25, -0.2) is 4.98 Å². The molecule has 37 heavy (non-hydrogen) atoms. The van der Waals surface area contributed by atoms with Gasteiger partial charge in [0.15, 0.2) is 5.78 Å². The normalized spacial score (nSPS) is 19.2. The highest BCUT2D eigenvalue weighted by Gasteiger charge is 2.45. The van der Waals surface area contributed by atoms with Crippen LogP contribution in [0.5, 0.6) is 5.75 Å². The summed E-state index contributed by atoms with van der Waals surface area (Å²) < 4.78 is 20.7. The van der Waals surface area contributed by atoms with Crippen molar-refractivity contribution in [2.75, 3.05) is 13.2 Å². The van der Waals surface area contributed by atoms with Gasteiger partial charge in [-0.3, -0.25) is 4.79 Å². The van der Waals surface area contributed by atoms with Crippen LogP contribution in [-0.4, -0.2) is 34.7 Å². The largest absolute Gasteiger partial charge is 0.490 e. The van der Waals surface area contributed by atoms with E-state index in [4.69, 9.17) is 49.0 Å². The van der Waals surface area contributed by atoms with Crippen molar-refractivity contribution in [3.63, 3.8) is 0 Å². The molecule has 5 rings (SSSR count). The Morgan fingerprint density at radius 3 is 2.65 bits per heavy atom. The average molecular weight is 558 g/mol. The lowest BCUT2D eigenvalue weighted by Gasteiger charge is -2.30. The predicted molar refractivity (Wildman–Crippen MR) is 143 cm³/mol. The molecule has 1 saturated heterocycles. The molecular weight excluding hydrogens is 535 g/mol. The fourth-order valence-electron chi connectivity index (χ4n) is 4.25. The molecule has 1 aromatic heterocycles. The third kappa shape index (κ3) is 5.54. The summed E-state index contributed by atoms with van der Waals surface area (Å²) in [5.74, 6) is -0.922. The molecule has 4 aromatic rings. The quantitative estimate of drug-likeness (QED) is 0.225. The highest BCUT2D eigenvalue weighted by molar-refractivity contribution is 6.35. The summed E-state index contributed by atoms with van der Waals surface area (Å²) in [7, 11) is 0. The Morgan fingerprint density at radius 2 is 1.92 bits per heavy atom. The second-order valence-corrected chi connectivity index (χ2v) is 10.0. The van der Waals surface area contributed by atoms with Crippen molar-refractivity contribution in [3.05, 3.63) is 117 Å². The SMILES string of the molecule is Cc1cc(OCC2COC(Cn3ccnc3)(c3ccc(Cl)cc3Cl)O2)c(C(=O)c2ccccc2)cc1Cl. The zero-order valence-electron chi connectivity index (χ0n) is 19.9. The van der Waals surface area contributed by atoms with Crippen LogP contribution in [0.4, 0.5) is 0 Å². The smallest absolute Gasteiger partial charge is 0.215 e. The van der Waals surface area contributed by atoms with Crippen LogP contribution in [-0.2, 0) is 21.8 Å². The van der Waals surface area contributed by atoms with E-state index in [2.05, 4.69) is 4.98 Å². The summed E-state index contributed by atoms with van der Waals surface area (Å²) in [6.45, 7) is 2.58. The highest BCUT2D eigenvalue weighted by Crippen LogP contribution is 2.41. The Labute approximate surface area is 229 Å². The van der Waals surface area contributed by atoms with Crippen LogP contribution in [0.3, 0.4) is 0 Å². The maximum Gasteiger partial charge on any atom is 0.215 e. The van der Waals surface area contributed by atoms with Crippen LogP contribution < -0.4 is 4.74 Å². The Morgan fingerprint density at radius 1 is 1.11 bits per heavy atom. The van der Waals surface area contributed by atoms with E-state index in [0.29, 0.717) is 44.1 Å². The van der Waals surface area contributed by atoms with Gasteiger partial charge in [0, 0.05) is 33.6 Å². The minimum absolute atomic E-state index is 0.146. The third-order valence-electron chi connectivity index (χ3n) is 6.12. The van der Waals surface area contributed by atoms with E-state index >= 15 is 0 Å². The van der Waals surface area contributed by atoms with Crippen LogP contribution in [0, 0.1) is 6.92 Å². The second-order valence-electron chi connectivity index (χ2n) is 8.77. The van der Waals surface area contributed by atoms with Crippen LogP contribution in [0.25, 0.3) is 0 Å². The van der Waals surface area contributed by atoms with E-state index in [1.54, 1.807) is 55.0 Å². The maximum absolute atomic E-state index is 13.2. The fourth-order valence-corrected chi connectivity index (χ4v) is 4.97. The number of nitrogens with zero attached hydrogens (tertiary/aromatic N) is 2. The number of aryl methyl sites for hydroxylation is 1. The summed E-state index contributed by atoms with van der Waals surface area (Å²) in [6, 6.07) is 17.6. The van der Waals surface area contributed by atoms with Crippen molar-refractivity contribution in [1.29, 1.82) is 0 Å². The number of halogens is 3. The number of imidazole rings is 1. The molecule has 0 aliphatic carbocycles. The number of ketones is 1. The number of hydrogen-bond donors (Lipinski definition) is 0. The summed E-state index contributed by atoms with van der Waals surface area (Å²) in [6.07, 6.45) is 4.74. The molecule has 9 heteroatoms. The topological polar surface area (TPSA) is 62.6 Å². The molecule has 0 amide bonds. The number of hydrogen-bond acceptors (Lipinski definition) is 5. The lowest BCUT2D eigenvalue weighted by molar-refractivity contribution is -0.189. The molecule has 190 valence electrons. The van der Waals surface area contributed by atoms with Crippen molar-refractivity contribution < 1.29 is 19.0 Å². The Balaban J connectivity index is 1.39. The first-order chi connectivity index (χ1) is 17.8. The molecule has 0 radical (unpaired) electrons. The predicted octanol–water partition coefficient (Wildman–Crippen LogP) is 6.73. The summed E-state index contributed by atoms with van der Waals surface area (Å²) in [5, 5.41) is 1.43. The van der Waals surface area contributed by atoms with E-state index in [-0.39, 0.29) is 19.0 Å². The van der Waals surface area contributed by atoms with Crippen LogP contribution in [0.1, 0.15) is 27.0 Å². The Hall–Kier alpha value is -2.87. The first kappa shape index (κ1) is 25.8. The number of rotatable bonds is 8. The minimum Gasteiger partial charge on any atom is -0.490 e. The molecule has 3 aromatic carbocycles. The van der Waals surface area contributed by atoms with Crippen LogP contribution >= 0.6 is 34.8 Å². The van der Waals surface area contributed by atoms with E-state index < -0.39 is 11.9 Å². The van der Waals surface area contributed by atoms with Gasteiger partial charge in [0.05, 0.1) is 30.1 Å². The first-order valence-corrected chi connectivity index (χ1v) is 12.7. The monoisotopic (exact) mass is 556 g/mol. The van der Waals surface area contributed by atoms with E-state index in [1.165, 1.54) is 0 Å². The highest BCUT2D eigenvalue weighted by atomic mass is 35.5. The zero-order chi connectivity index (χ0) is 26.0. The van der Waals surface area contributed by atoms with E-state index in [1.807, 2.05) is 35.9 Å². The van der Waals surface area contributed by atoms with Crippen LogP contribution in [0.15, 0.2) is 79.4 Å². The Bertz CT molecular complexity index is 1410. The van der Waals surface area contributed by atoms with Crippen LogP contribution in [0.2, 0.25) is 15.1 Å².